The standard InChI is InChI=1S/C13H12ClNO4S/c14-20(18,19)9-3-1-8(2-4-9)5-6-15-12(16)10-7-11(10)13(15)17/h1-4,10-11H,5-7H2. The first-order valence-corrected chi connectivity index (χ1v) is 8.57. The van der Waals surface area contributed by atoms with Crippen molar-refractivity contribution >= 4 is 31.5 Å². The van der Waals surface area contributed by atoms with Gasteiger partial charge in [0.15, 0.2) is 0 Å². The minimum atomic E-state index is -3.72. The predicted octanol–water partition coefficient (Wildman–Crippen LogP) is 1.16. The van der Waals surface area contributed by atoms with Crippen LogP contribution in [0.5, 0.6) is 0 Å². The number of rotatable bonds is 4. The Kier molecular flexibility index (Phi) is 3.10. The Morgan fingerprint density at radius 1 is 1.10 bits per heavy atom. The molecule has 0 N–H and O–H groups in total. The molecule has 1 saturated carbocycles. The van der Waals surface area contributed by atoms with E-state index < -0.39 is 9.05 Å². The number of carbonyl (C=O) groups excluding carboxylic acids is 2. The molecule has 1 aliphatic carbocycles. The van der Waals surface area contributed by atoms with E-state index in [0.29, 0.717) is 19.4 Å². The average Bonchev–Trinajstić information content (AvgIpc) is 3.13. The van der Waals surface area contributed by atoms with Gasteiger partial charge in [0.2, 0.25) is 11.8 Å². The zero-order valence-corrected chi connectivity index (χ0v) is 12.0. The number of halogens is 1. The summed E-state index contributed by atoms with van der Waals surface area (Å²) in [6.45, 7) is 0.345. The lowest BCUT2D eigenvalue weighted by Gasteiger charge is -2.16. The molecule has 1 aromatic carbocycles. The van der Waals surface area contributed by atoms with Crippen LogP contribution in [-0.4, -0.2) is 31.7 Å². The van der Waals surface area contributed by atoms with Gasteiger partial charge in [-0.2, -0.15) is 0 Å². The van der Waals surface area contributed by atoms with Gasteiger partial charge in [-0.3, -0.25) is 14.5 Å². The van der Waals surface area contributed by atoms with Gasteiger partial charge in [-0.05, 0) is 30.5 Å². The summed E-state index contributed by atoms with van der Waals surface area (Å²) in [6.07, 6.45) is 1.22. The van der Waals surface area contributed by atoms with Crippen LogP contribution in [0.15, 0.2) is 29.2 Å². The molecule has 2 atom stereocenters. The smallest absolute Gasteiger partial charge is 0.261 e. The molecule has 2 aliphatic rings. The van der Waals surface area contributed by atoms with Crippen molar-refractivity contribution in [2.24, 2.45) is 11.8 Å². The summed E-state index contributed by atoms with van der Waals surface area (Å²) < 4.78 is 22.2. The van der Waals surface area contributed by atoms with Gasteiger partial charge in [0, 0.05) is 17.2 Å². The number of amides is 2. The monoisotopic (exact) mass is 313 g/mol. The lowest BCUT2D eigenvalue weighted by atomic mass is 10.1. The van der Waals surface area contributed by atoms with Crippen LogP contribution >= 0.6 is 10.7 Å². The van der Waals surface area contributed by atoms with E-state index in [1.807, 2.05) is 0 Å². The number of carbonyl (C=O) groups is 2. The first kappa shape index (κ1) is 13.6. The molecular formula is C13H12ClNO4S. The maximum Gasteiger partial charge on any atom is 0.261 e. The summed E-state index contributed by atoms with van der Waals surface area (Å²) in [5, 5.41) is 0. The third-order valence-corrected chi connectivity index (χ3v) is 5.16. The normalized spacial score (nSPS) is 24.9. The zero-order valence-electron chi connectivity index (χ0n) is 10.5. The average molecular weight is 314 g/mol. The van der Waals surface area contributed by atoms with Crippen molar-refractivity contribution in [2.75, 3.05) is 6.54 Å². The molecule has 1 aliphatic heterocycles. The van der Waals surface area contributed by atoms with Crippen LogP contribution < -0.4 is 0 Å². The van der Waals surface area contributed by atoms with Crippen molar-refractivity contribution in [3.8, 4) is 0 Å². The maximum atomic E-state index is 11.8. The Morgan fingerprint density at radius 3 is 2.15 bits per heavy atom. The largest absolute Gasteiger partial charge is 0.282 e. The van der Waals surface area contributed by atoms with Gasteiger partial charge in [-0.25, -0.2) is 8.42 Å². The first-order chi connectivity index (χ1) is 9.38. The SMILES string of the molecule is O=C1C2CC2C(=O)N1CCc1ccc(S(=O)(=O)Cl)cc1. The molecule has 5 nitrogen and oxygen atoms in total. The van der Waals surface area contributed by atoms with Gasteiger partial charge in [-0.15, -0.1) is 0 Å². The second kappa shape index (κ2) is 4.56. The van der Waals surface area contributed by atoms with Gasteiger partial charge in [-0.1, -0.05) is 12.1 Å². The van der Waals surface area contributed by atoms with E-state index in [4.69, 9.17) is 10.7 Å². The van der Waals surface area contributed by atoms with Gasteiger partial charge < -0.3 is 0 Å². The summed E-state index contributed by atoms with van der Waals surface area (Å²) in [5.74, 6) is -0.294. The Hall–Kier alpha value is -1.40. The fourth-order valence-corrected chi connectivity index (χ4v) is 3.30. The quantitative estimate of drug-likeness (QED) is 0.618. The minimum absolute atomic E-state index is 0.0393. The Bertz CT molecular complexity index is 663. The number of benzene rings is 1. The highest BCUT2D eigenvalue weighted by molar-refractivity contribution is 8.13. The van der Waals surface area contributed by atoms with Crippen LogP contribution in [0.3, 0.4) is 0 Å². The number of hydrogen-bond acceptors (Lipinski definition) is 4. The zero-order chi connectivity index (χ0) is 14.5. The highest BCUT2D eigenvalue weighted by atomic mass is 35.7. The molecular weight excluding hydrogens is 302 g/mol. The summed E-state index contributed by atoms with van der Waals surface area (Å²) in [6, 6.07) is 6.12. The molecule has 0 spiro atoms. The third kappa shape index (κ3) is 2.33. The van der Waals surface area contributed by atoms with Gasteiger partial charge >= 0.3 is 0 Å². The molecule has 1 aromatic rings. The summed E-state index contributed by atoms with van der Waals surface area (Å²) in [5.41, 5.74) is 0.857. The highest BCUT2D eigenvalue weighted by Crippen LogP contribution is 2.46. The van der Waals surface area contributed by atoms with E-state index >= 15 is 0 Å². The van der Waals surface area contributed by atoms with Crippen molar-refractivity contribution in [1.29, 1.82) is 0 Å². The van der Waals surface area contributed by atoms with Crippen molar-refractivity contribution < 1.29 is 18.0 Å². The van der Waals surface area contributed by atoms with E-state index in [1.54, 1.807) is 12.1 Å². The number of piperidine rings is 1. The molecule has 2 unspecified atom stereocenters. The predicted molar refractivity (Wildman–Crippen MR) is 71.5 cm³/mol. The minimum Gasteiger partial charge on any atom is -0.282 e. The molecule has 3 rings (SSSR count). The maximum absolute atomic E-state index is 11.8. The van der Waals surface area contributed by atoms with Crippen LogP contribution in [0, 0.1) is 11.8 Å². The number of imide groups is 1. The molecule has 0 aromatic heterocycles. The molecule has 2 fully saturated rings. The molecule has 106 valence electrons. The van der Waals surface area contributed by atoms with E-state index in [0.717, 1.165) is 5.56 Å². The molecule has 1 saturated heterocycles. The number of fused-ring (bicyclic) bond motifs is 1. The summed E-state index contributed by atoms with van der Waals surface area (Å²) in [7, 11) is 1.51. The second-order valence-electron chi connectivity index (χ2n) is 5.11. The summed E-state index contributed by atoms with van der Waals surface area (Å²) in [4.78, 5) is 24.9. The van der Waals surface area contributed by atoms with E-state index in [1.165, 1.54) is 17.0 Å². The van der Waals surface area contributed by atoms with Crippen molar-refractivity contribution in [3.63, 3.8) is 0 Å². The Balaban J connectivity index is 1.64. The fraction of sp³-hybridized carbons (Fsp3) is 0.385. The van der Waals surface area contributed by atoms with Crippen LogP contribution in [-0.2, 0) is 25.1 Å². The van der Waals surface area contributed by atoms with Crippen LogP contribution in [0.25, 0.3) is 0 Å². The number of hydrogen-bond donors (Lipinski definition) is 0. The topological polar surface area (TPSA) is 71.5 Å². The van der Waals surface area contributed by atoms with Gasteiger partial charge in [0.25, 0.3) is 9.05 Å². The molecule has 0 radical (unpaired) electrons. The van der Waals surface area contributed by atoms with E-state index in [-0.39, 0.29) is 28.5 Å². The molecule has 1 heterocycles. The molecule has 20 heavy (non-hydrogen) atoms. The molecule has 0 bridgehead atoms. The fourth-order valence-electron chi connectivity index (χ4n) is 2.53. The van der Waals surface area contributed by atoms with E-state index in [9.17, 15) is 18.0 Å². The van der Waals surface area contributed by atoms with Crippen molar-refractivity contribution in [3.05, 3.63) is 29.8 Å². The Morgan fingerprint density at radius 2 is 1.65 bits per heavy atom. The second-order valence-corrected chi connectivity index (χ2v) is 7.67. The van der Waals surface area contributed by atoms with Crippen LogP contribution in [0.2, 0.25) is 0 Å². The summed E-state index contributed by atoms with van der Waals surface area (Å²) >= 11 is 0. The van der Waals surface area contributed by atoms with Crippen molar-refractivity contribution in [1.82, 2.24) is 4.90 Å². The van der Waals surface area contributed by atoms with E-state index in [2.05, 4.69) is 0 Å². The Labute approximate surface area is 120 Å². The third-order valence-electron chi connectivity index (χ3n) is 3.79. The number of nitrogens with zero attached hydrogens (tertiary/aromatic N) is 1. The highest BCUT2D eigenvalue weighted by Gasteiger charge is 2.58. The van der Waals surface area contributed by atoms with Crippen molar-refractivity contribution in [2.45, 2.75) is 17.7 Å². The first-order valence-electron chi connectivity index (χ1n) is 6.27. The molecule has 7 heteroatoms. The van der Waals surface area contributed by atoms with Crippen LogP contribution in [0.4, 0.5) is 0 Å². The lowest BCUT2D eigenvalue weighted by molar-refractivity contribution is -0.141. The lowest BCUT2D eigenvalue weighted by Crippen LogP contribution is -2.34. The molecule has 2 amide bonds. The van der Waals surface area contributed by atoms with Gasteiger partial charge in [0.05, 0.1) is 16.7 Å². The number of likely N-dealkylation sites (tertiary alicyclic amines) is 1. The van der Waals surface area contributed by atoms with Gasteiger partial charge in [0.1, 0.15) is 0 Å². The van der Waals surface area contributed by atoms with Crippen LogP contribution in [0.1, 0.15) is 12.0 Å².